The predicted molar refractivity (Wildman–Crippen MR) is 42.0 cm³/mol. The molecule has 0 fully saturated rings. The van der Waals surface area contributed by atoms with Gasteiger partial charge in [0.1, 0.15) is 5.70 Å². The molecule has 0 saturated heterocycles. The number of allylic oxidation sites excluding steroid dienone is 1. The second-order valence-corrected chi connectivity index (χ2v) is 2.76. The van der Waals surface area contributed by atoms with E-state index in [1.165, 1.54) is 0 Å². The Kier molecular flexibility index (Phi) is 4.06. The summed E-state index contributed by atoms with van der Waals surface area (Å²) in [6.07, 6.45) is -3.85. The Morgan fingerprint density at radius 1 is 1.46 bits per heavy atom. The summed E-state index contributed by atoms with van der Waals surface area (Å²) in [5.74, 6) is 0. The molecule has 0 aromatic carbocycles. The molecule has 13 heavy (non-hydrogen) atoms. The van der Waals surface area contributed by atoms with Crippen LogP contribution in [0, 0.1) is 0 Å². The van der Waals surface area contributed by atoms with Crippen LogP contribution in [-0.2, 0) is 0 Å². The van der Waals surface area contributed by atoms with E-state index in [0.717, 1.165) is 7.05 Å². The molecule has 0 unspecified atom stereocenters. The zero-order valence-electron chi connectivity index (χ0n) is 7.68. The number of halogens is 3. The molecule has 0 radical (unpaired) electrons. The minimum absolute atomic E-state index is 0.397. The van der Waals surface area contributed by atoms with Crippen molar-refractivity contribution in [1.82, 2.24) is 10.4 Å². The van der Waals surface area contributed by atoms with E-state index in [2.05, 4.69) is 0 Å². The average Bonchev–Trinajstić information content (AvgIpc) is 1.96. The van der Waals surface area contributed by atoms with Gasteiger partial charge in [-0.25, -0.2) is 0 Å². The summed E-state index contributed by atoms with van der Waals surface area (Å²) >= 11 is 0. The molecule has 0 aliphatic carbocycles. The van der Waals surface area contributed by atoms with Crippen LogP contribution in [0.25, 0.3) is 0 Å². The van der Waals surface area contributed by atoms with Gasteiger partial charge in [0, 0.05) is 7.05 Å². The first-order chi connectivity index (χ1) is 5.79. The molecule has 0 heterocycles. The van der Waals surface area contributed by atoms with Gasteiger partial charge >= 0.3 is 6.18 Å². The molecular weight excluding hydrogens is 185 g/mol. The molecule has 0 aromatic rings. The quantitative estimate of drug-likeness (QED) is 0.677. The summed E-state index contributed by atoms with van der Waals surface area (Å²) in [5.41, 5.74) is -0.983. The summed E-state index contributed by atoms with van der Waals surface area (Å²) in [7, 11) is 1.15. The largest absolute Gasteiger partial charge is 0.432 e. The molecule has 0 saturated carbocycles. The Labute approximate surface area is 74.8 Å². The average molecular weight is 198 g/mol. The second kappa shape index (κ2) is 4.36. The lowest BCUT2D eigenvalue weighted by atomic mass is 10.4. The van der Waals surface area contributed by atoms with Crippen LogP contribution in [0.2, 0.25) is 0 Å². The summed E-state index contributed by atoms with van der Waals surface area (Å²) in [6, 6.07) is -0.397. The van der Waals surface area contributed by atoms with Gasteiger partial charge in [-0.1, -0.05) is 0 Å². The maximum atomic E-state index is 12.1. The highest BCUT2D eigenvalue weighted by Gasteiger charge is 2.33. The van der Waals surface area contributed by atoms with E-state index in [1.54, 1.807) is 13.8 Å². The van der Waals surface area contributed by atoms with Crippen molar-refractivity contribution >= 4 is 0 Å². The fourth-order valence-corrected chi connectivity index (χ4v) is 0.561. The fourth-order valence-electron chi connectivity index (χ4n) is 0.561. The van der Waals surface area contributed by atoms with Crippen molar-refractivity contribution in [1.29, 1.82) is 0 Å². The SMILES string of the molecule is CN/C(=C\N(O)C(C)C)C(F)(F)F. The molecular formula is C7H13F3N2O. The topological polar surface area (TPSA) is 35.5 Å². The van der Waals surface area contributed by atoms with E-state index in [0.29, 0.717) is 11.3 Å². The lowest BCUT2D eigenvalue weighted by Gasteiger charge is -2.19. The van der Waals surface area contributed by atoms with Gasteiger partial charge in [0.25, 0.3) is 0 Å². The number of hydrogen-bond donors (Lipinski definition) is 2. The smallest absolute Gasteiger partial charge is 0.383 e. The molecule has 0 bridgehead atoms. The molecule has 0 rings (SSSR count). The van der Waals surface area contributed by atoms with E-state index in [9.17, 15) is 13.2 Å². The molecule has 0 aliphatic heterocycles. The monoisotopic (exact) mass is 198 g/mol. The summed E-state index contributed by atoms with van der Waals surface area (Å²) in [6.45, 7) is 3.14. The number of nitrogens with one attached hydrogen (secondary N) is 1. The number of hydroxylamine groups is 2. The Morgan fingerprint density at radius 3 is 2.15 bits per heavy atom. The van der Waals surface area contributed by atoms with Gasteiger partial charge in [-0.2, -0.15) is 13.2 Å². The first-order valence-electron chi connectivity index (χ1n) is 3.73. The molecule has 0 spiro atoms. The van der Waals surface area contributed by atoms with Crippen molar-refractivity contribution < 1.29 is 18.4 Å². The van der Waals surface area contributed by atoms with Crippen LogP contribution >= 0.6 is 0 Å². The van der Waals surface area contributed by atoms with Crippen LogP contribution in [0.15, 0.2) is 11.9 Å². The van der Waals surface area contributed by atoms with Crippen LogP contribution in [0.3, 0.4) is 0 Å². The zero-order chi connectivity index (χ0) is 10.6. The van der Waals surface area contributed by atoms with Gasteiger partial charge in [0.15, 0.2) is 0 Å². The highest BCUT2D eigenvalue weighted by Crippen LogP contribution is 2.23. The minimum Gasteiger partial charge on any atom is -0.383 e. The van der Waals surface area contributed by atoms with Gasteiger partial charge in [-0.15, -0.1) is 0 Å². The predicted octanol–water partition coefficient (Wildman–Crippen LogP) is 1.71. The highest BCUT2D eigenvalue weighted by molar-refractivity contribution is 5.04. The van der Waals surface area contributed by atoms with Crippen molar-refractivity contribution in [2.75, 3.05) is 7.05 Å². The maximum absolute atomic E-state index is 12.1. The third kappa shape index (κ3) is 4.02. The van der Waals surface area contributed by atoms with Crippen LogP contribution in [0.1, 0.15) is 13.8 Å². The van der Waals surface area contributed by atoms with E-state index in [-0.39, 0.29) is 0 Å². The van der Waals surface area contributed by atoms with Crippen molar-refractivity contribution in [2.24, 2.45) is 0 Å². The Hall–Kier alpha value is -0.910. The van der Waals surface area contributed by atoms with Crippen LogP contribution in [0.4, 0.5) is 13.2 Å². The Balaban J connectivity index is 4.57. The van der Waals surface area contributed by atoms with Crippen LogP contribution in [0.5, 0.6) is 0 Å². The standard InChI is InChI=1S/C7H13F3N2O/c1-5(2)12(13)4-6(11-3)7(8,9)10/h4-5,11,13H,1-3H3/b6-4-. The van der Waals surface area contributed by atoms with Crippen molar-refractivity contribution in [3.63, 3.8) is 0 Å². The molecule has 0 aliphatic rings. The maximum Gasteiger partial charge on any atom is 0.432 e. The van der Waals surface area contributed by atoms with E-state index < -0.39 is 17.9 Å². The number of nitrogens with zero attached hydrogens (tertiary/aromatic N) is 1. The van der Waals surface area contributed by atoms with Gasteiger partial charge in [0.05, 0.1) is 12.2 Å². The third-order valence-electron chi connectivity index (χ3n) is 1.37. The second-order valence-electron chi connectivity index (χ2n) is 2.76. The van der Waals surface area contributed by atoms with Gasteiger partial charge in [0.2, 0.25) is 0 Å². The van der Waals surface area contributed by atoms with Gasteiger partial charge in [-0.3, -0.25) is 10.3 Å². The normalized spacial score (nSPS) is 13.4. The number of alkyl halides is 3. The van der Waals surface area contributed by atoms with Crippen LogP contribution in [-0.4, -0.2) is 29.5 Å². The molecule has 78 valence electrons. The Bertz CT molecular complexity index is 189. The summed E-state index contributed by atoms with van der Waals surface area (Å²) in [4.78, 5) is 0. The Morgan fingerprint density at radius 2 is 1.92 bits per heavy atom. The zero-order valence-corrected chi connectivity index (χ0v) is 7.68. The first-order valence-corrected chi connectivity index (χ1v) is 3.73. The first kappa shape index (κ1) is 12.1. The van der Waals surface area contributed by atoms with E-state index in [1.807, 2.05) is 5.32 Å². The van der Waals surface area contributed by atoms with E-state index in [4.69, 9.17) is 5.21 Å². The molecule has 3 nitrogen and oxygen atoms in total. The number of rotatable bonds is 3. The molecule has 0 amide bonds. The molecule has 2 N–H and O–H groups in total. The summed E-state index contributed by atoms with van der Waals surface area (Å²) in [5, 5.41) is 11.5. The summed E-state index contributed by atoms with van der Waals surface area (Å²) < 4.78 is 36.2. The third-order valence-corrected chi connectivity index (χ3v) is 1.37. The van der Waals surface area contributed by atoms with Gasteiger partial charge in [-0.05, 0) is 13.8 Å². The molecule has 6 heteroatoms. The van der Waals surface area contributed by atoms with Gasteiger partial charge < -0.3 is 5.32 Å². The fraction of sp³-hybridized carbons (Fsp3) is 0.714. The molecule has 0 atom stereocenters. The van der Waals surface area contributed by atoms with Crippen molar-refractivity contribution in [3.8, 4) is 0 Å². The van der Waals surface area contributed by atoms with Crippen LogP contribution < -0.4 is 5.32 Å². The molecule has 0 aromatic heterocycles. The lowest BCUT2D eigenvalue weighted by Crippen LogP contribution is -2.29. The van der Waals surface area contributed by atoms with Crippen molar-refractivity contribution in [2.45, 2.75) is 26.1 Å². The number of hydrogen-bond acceptors (Lipinski definition) is 3. The van der Waals surface area contributed by atoms with E-state index >= 15 is 0 Å². The van der Waals surface area contributed by atoms with Crippen molar-refractivity contribution in [3.05, 3.63) is 11.9 Å². The highest BCUT2D eigenvalue weighted by atomic mass is 19.4. The minimum atomic E-state index is -4.47. The lowest BCUT2D eigenvalue weighted by molar-refractivity contribution is -0.109.